The van der Waals surface area contributed by atoms with Crippen LogP contribution in [0.25, 0.3) is 0 Å². The molecule has 1 saturated carbocycles. The fraction of sp³-hybridized carbons (Fsp3) is 0.818. The van der Waals surface area contributed by atoms with E-state index in [4.69, 9.17) is 0 Å². The van der Waals surface area contributed by atoms with Gasteiger partial charge in [-0.15, -0.1) is 0 Å². The zero-order chi connectivity index (χ0) is 11.4. The van der Waals surface area contributed by atoms with Crippen LogP contribution in [0.3, 0.4) is 0 Å². The number of nitrogens with one attached hydrogen (secondary N) is 1. The zero-order valence-electron chi connectivity index (χ0n) is 9.76. The molecule has 2 rings (SSSR count). The molecule has 1 unspecified atom stereocenters. The van der Waals surface area contributed by atoms with Crippen LogP contribution in [0.1, 0.15) is 33.6 Å². The quantitative estimate of drug-likeness (QED) is 0.686. The smallest absolute Gasteiger partial charge is 0.248 e. The standard InChI is InChI=1S/C11H18N2O2/c1-10(2)8(14)12-11(3,7-5-6-7)9(15)13(10)4/h7H,5-6H2,1-4H3,(H,12,14). The normalized spacial score (nSPS) is 35.3. The topological polar surface area (TPSA) is 49.4 Å². The molecule has 0 aromatic carbocycles. The number of rotatable bonds is 1. The van der Waals surface area contributed by atoms with E-state index in [0.29, 0.717) is 5.92 Å². The van der Waals surface area contributed by atoms with Crippen molar-refractivity contribution in [3.63, 3.8) is 0 Å². The maximum atomic E-state index is 12.2. The van der Waals surface area contributed by atoms with Gasteiger partial charge in [0.1, 0.15) is 11.1 Å². The van der Waals surface area contributed by atoms with Gasteiger partial charge in [-0.25, -0.2) is 0 Å². The van der Waals surface area contributed by atoms with Crippen molar-refractivity contribution in [3.05, 3.63) is 0 Å². The first-order valence-electron chi connectivity index (χ1n) is 5.41. The van der Waals surface area contributed by atoms with Gasteiger partial charge < -0.3 is 10.2 Å². The Morgan fingerprint density at radius 3 is 2.27 bits per heavy atom. The lowest BCUT2D eigenvalue weighted by molar-refractivity contribution is -0.159. The average Bonchev–Trinajstić information content (AvgIpc) is 2.96. The summed E-state index contributed by atoms with van der Waals surface area (Å²) in [5.74, 6) is 0.307. The van der Waals surface area contributed by atoms with Crippen LogP contribution < -0.4 is 5.32 Å². The highest BCUT2D eigenvalue weighted by Gasteiger charge is 2.56. The van der Waals surface area contributed by atoms with Crippen LogP contribution >= 0.6 is 0 Å². The minimum absolute atomic E-state index is 0.0367. The molecule has 1 atom stereocenters. The highest BCUT2D eigenvalue weighted by atomic mass is 16.2. The molecule has 0 bridgehead atoms. The molecule has 0 radical (unpaired) electrons. The van der Waals surface area contributed by atoms with Crippen molar-refractivity contribution in [2.75, 3.05) is 7.05 Å². The predicted molar refractivity (Wildman–Crippen MR) is 56.1 cm³/mol. The summed E-state index contributed by atoms with van der Waals surface area (Å²) in [6.45, 7) is 5.38. The molecule has 1 N–H and O–H groups in total. The number of carbonyl (C=O) groups excluding carboxylic acids is 2. The van der Waals surface area contributed by atoms with Gasteiger partial charge in [0.2, 0.25) is 11.8 Å². The zero-order valence-corrected chi connectivity index (χ0v) is 9.76. The lowest BCUT2D eigenvalue weighted by atomic mass is 9.85. The van der Waals surface area contributed by atoms with Crippen molar-refractivity contribution < 1.29 is 9.59 Å². The maximum Gasteiger partial charge on any atom is 0.248 e. The second-order valence-electron chi connectivity index (χ2n) is 5.35. The molecular formula is C11H18N2O2. The fourth-order valence-electron chi connectivity index (χ4n) is 2.13. The van der Waals surface area contributed by atoms with Gasteiger partial charge in [0.05, 0.1) is 0 Å². The molecule has 0 aromatic rings. The van der Waals surface area contributed by atoms with Crippen LogP contribution in [0, 0.1) is 5.92 Å². The van der Waals surface area contributed by atoms with Gasteiger partial charge in [-0.05, 0) is 39.5 Å². The number of hydrogen-bond acceptors (Lipinski definition) is 2. The molecule has 1 saturated heterocycles. The number of piperazine rings is 1. The van der Waals surface area contributed by atoms with Crippen LogP contribution in [0.5, 0.6) is 0 Å². The number of carbonyl (C=O) groups is 2. The third-order valence-corrected chi connectivity index (χ3v) is 3.91. The molecule has 1 aliphatic heterocycles. The van der Waals surface area contributed by atoms with Crippen LogP contribution in [-0.4, -0.2) is 34.8 Å². The minimum atomic E-state index is -0.731. The van der Waals surface area contributed by atoms with Crippen molar-refractivity contribution in [2.45, 2.75) is 44.7 Å². The van der Waals surface area contributed by atoms with Crippen LogP contribution in [0.4, 0.5) is 0 Å². The second-order valence-corrected chi connectivity index (χ2v) is 5.35. The van der Waals surface area contributed by atoms with Crippen molar-refractivity contribution in [1.29, 1.82) is 0 Å². The first-order valence-corrected chi connectivity index (χ1v) is 5.41. The number of nitrogens with zero attached hydrogens (tertiary/aromatic N) is 1. The Bertz CT molecular complexity index is 333. The van der Waals surface area contributed by atoms with Crippen molar-refractivity contribution >= 4 is 11.8 Å². The molecule has 2 aliphatic rings. The lowest BCUT2D eigenvalue weighted by Gasteiger charge is -2.47. The Kier molecular flexibility index (Phi) is 1.91. The van der Waals surface area contributed by atoms with Crippen LogP contribution in [-0.2, 0) is 9.59 Å². The monoisotopic (exact) mass is 210 g/mol. The van der Waals surface area contributed by atoms with E-state index in [2.05, 4.69) is 5.32 Å². The lowest BCUT2D eigenvalue weighted by Crippen LogP contribution is -2.73. The molecule has 15 heavy (non-hydrogen) atoms. The summed E-state index contributed by atoms with van der Waals surface area (Å²) in [5.41, 5.74) is -1.40. The minimum Gasteiger partial charge on any atom is -0.340 e. The number of hydrogen-bond donors (Lipinski definition) is 1. The molecule has 4 nitrogen and oxygen atoms in total. The van der Waals surface area contributed by atoms with Gasteiger partial charge in [0, 0.05) is 7.05 Å². The van der Waals surface area contributed by atoms with Gasteiger partial charge in [-0.1, -0.05) is 0 Å². The van der Waals surface area contributed by atoms with E-state index in [1.54, 1.807) is 25.8 Å². The largest absolute Gasteiger partial charge is 0.340 e. The summed E-state index contributed by atoms with van der Waals surface area (Å²) < 4.78 is 0. The molecule has 2 fully saturated rings. The number of amides is 2. The summed E-state index contributed by atoms with van der Waals surface area (Å²) in [5, 5.41) is 2.90. The predicted octanol–water partition coefficient (Wildman–Crippen LogP) is 0.522. The molecule has 1 heterocycles. The van der Waals surface area contributed by atoms with Crippen molar-refractivity contribution in [2.24, 2.45) is 5.92 Å². The van der Waals surface area contributed by atoms with E-state index in [-0.39, 0.29) is 11.8 Å². The third kappa shape index (κ3) is 1.27. The number of likely N-dealkylation sites (N-methyl/N-ethyl adjacent to an activating group) is 1. The summed E-state index contributed by atoms with van der Waals surface area (Å²) in [6, 6.07) is 0. The molecule has 0 spiro atoms. The first-order chi connectivity index (χ1) is 6.80. The summed E-state index contributed by atoms with van der Waals surface area (Å²) >= 11 is 0. The van der Waals surface area contributed by atoms with E-state index in [1.165, 1.54) is 0 Å². The summed E-state index contributed by atoms with van der Waals surface area (Å²) in [4.78, 5) is 25.7. The molecular weight excluding hydrogens is 192 g/mol. The molecule has 4 heteroatoms. The molecule has 84 valence electrons. The van der Waals surface area contributed by atoms with Gasteiger partial charge >= 0.3 is 0 Å². The van der Waals surface area contributed by atoms with E-state index in [9.17, 15) is 9.59 Å². The second kappa shape index (κ2) is 2.74. The Morgan fingerprint density at radius 2 is 1.80 bits per heavy atom. The Morgan fingerprint density at radius 1 is 1.27 bits per heavy atom. The maximum absolute atomic E-state index is 12.2. The molecule has 2 amide bonds. The van der Waals surface area contributed by atoms with Crippen molar-refractivity contribution in [3.8, 4) is 0 Å². The first kappa shape index (κ1) is 10.5. The molecule has 1 aliphatic carbocycles. The van der Waals surface area contributed by atoms with Gasteiger partial charge in [-0.3, -0.25) is 9.59 Å². The highest BCUT2D eigenvalue weighted by Crippen LogP contribution is 2.43. The van der Waals surface area contributed by atoms with E-state index >= 15 is 0 Å². The van der Waals surface area contributed by atoms with Gasteiger partial charge in [-0.2, -0.15) is 0 Å². The van der Waals surface area contributed by atoms with Gasteiger partial charge in [0.25, 0.3) is 0 Å². The average molecular weight is 210 g/mol. The summed E-state index contributed by atoms with van der Waals surface area (Å²) in [6.07, 6.45) is 2.08. The molecule has 0 aromatic heterocycles. The van der Waals surface area contributed by atoms with E-state index in [0.717, 1.165) is 12.8 Å². The Hall–Kier alpha value is -1.06. The van der Waals surface area contributed by atoms with E-state index in [1.807, 2.05) is 6.92 Å². The Balaban J connectivity index is 2.34. The highest BCUT2D eigenvalue weighted by molar-refractivity contribution is 6.01. The summed E-state index contributed by atoms with van der Waals surface area (Å²) in [7, 11) is 1.71. The Labute approximate surface area is 90.0 Å². The van der Waals surface area contributed by atoms with Crippen LogP contribution in [0.2, 0.25) is 0 Å². The fourth-order valence-corrected chi connectivity index (χ4v) is 2.13. The van der Waals surface area contributed by atoms with Gasteiger partial charge in [0.15, 0.2) is 0 Å². The van der Waals surface area contributed by atoms with Crippen molar-refractivity contribution in [1.82, 2.24) is 10.2 Å². The third-order valence-electron chi connectivity index (χ3n) is 3.91. The SMILES string of the molecule is CN1C(=O)C(C)(C2CC2)NC(=O)C1(C)C. The van der Waals surface area contributed by atoms with E-state index < -0.39 is 11.1 Å². The van der Waals surface area contributed by atoms with Crippen LogP contribution in [0.15, 0.2) is 0 Å².